The summed E-state index contributed by atoms with van der Waals surface area (Å²) in [5.74, 6) is 0.587. The Morgan fingerprint density at radius 3 is 2.44 bits per heavy atom. The molecule has 1 N–H and O–H groups in total. The van der Waals surface area contributed by atoms with Gasteiger partial charge in [-0.15, -0.1) is 0 Å². The lowest BCUT2D eigenvalue weighted by Crippen LogP contribution is -2.36. The normalized spacial score (nSPS) is 19.6. The minimum absolute atomic E-state index is 0.0727. The number of carbonyl (C=O) groups is 1. The second-order valence-electron chi connectivity index (χ2n) is 10.1. The minimum Gasteiger partial charge on any atom is -0.324 e. The molecule has 0 aliphatic carbocycles. The van der Waals surface area contributed by atoms with Crippen molar-refractivity contribution in [1.82, 2.24) is 19.2 Å². The number of pyridine rings is 1. The summed E-state index contributed by atoms with van der Waals surface area (Å²) in [5.41, 5.74) is 3.12. The number of benzene rings is 2. The van der Waals surface area contributed by atoms with Crippen LogP contribution in [-0.2, 0) is 12.7 Å². The Morgan fingerprint density at radius 1 is 1.03 bits per heavy atom. The van der Waals surface area contributed by atoms with Gasteiger partial charge in [0.1, 0.15) is 5.65 Å². The molecule has 0 radical (unpaired) electrons. The number of nitrogens with zero attached hydrogens (tertiary/aromatic N) is 4. The van der Waals surface area contributed by atoms with Crippen molar-refractivity contribution in [1.29, 1.82) is 0 Å². The topological polar surface area (TPSA) is 52.9 Å². The molecule has 2 amide bonds. The van der Waals surface area contributed by atoms with Gasteiger partial charge in [-0.25, -0.2) is 9.78 Å². The van der Waals surface area contributed by atoms with Crippen LogP contribution in [0.3, 0.4) is 0 Å². The molecule has 39 heavy (non-hydrogen) atoms. The predicted molar refractivity (Wildman–Crippen MR) is 148 cm³/mol. The van der Waals surface area contributed by atoms with Gasteiger partial charge in [-0.1, -0.05) is 45.7 Å². The van der Waals surface area contributed by atoms with Gasteiger partial charge in [0.05, 0.1) is 22.0 Å². The summed E-state index contributed by atoms with van der Waals surface area (Å²) in [5, 5.41) is 2.21. The first-order chi connectivity index (χ1) is 18.7. The molecule has 6 nitrogen and oxygen atoms in total. The van der Waals surface area contributed by atoms with Crippen LogP contribution in [0.4, 0.5) is 23.7 Å². The highest BCUT2D eigenvalue weighted by molar-refractivity contribution is 9.10. The predicted octanol–water partition coefficient (Wildman–Crippen LogP) is 7.03. The molecule has 2 aliphatic rings. The molecule has 11 heteroatoms. The number of alkyl halides is 3. The van der Waals surface area contributed by atoms with Gasteiger partial charge in [-0.2, -0.15) is 13.2 Å². The average molecular weight is 619 g/mol. The summed E-state index contributed by atoms with van der Waals surface area (Å²) in [6.07, 6.45) is -2.56. The first-order valence-electron chi connectivity index (χ1n) is 12.5. The summed E-state index contributed by atoms with van der Waals surface area (Å²) in [6.45, 7) is 3.49. The van der Waals surface area contributed by atoms with Crippen LogP contribution in [0.1, 0.15) is 11.3 Å². The molecule has 6 rings (SSSR count). The number of halogens is 5. The molecule has 2 aliphatic heterocycles. The summed E-state index contributed by atoms with van der Waals surface area (Å²) >= 11 is 9.20. The number of anilines is 1. The third kappa shape index (κ3) is 5.25. The van der Waals surface area contributed by atoms with E-state index in [1.807, 2.05) is 36.5 Å². The van der Waals surface area contributed by atoms with E-state index in [1.54, 1.807) is 4.90 Å². The summed E-state index contributed by atoms with van der Waals surface area (Å²) < 4.78 is 42.7. The quantitative estimate of drug-likeness (QED) is 0.267. The van der Waals surface area contributed by atoms with Crippen molar-refractivity contribution in [3.63, 3.8) is 0 Å². The van der Waals surface area contributed by atoms with Gasteiger partial charge < -0.3 is 14.6 Å². The minimum atomic E-state index is -4.59. The smallest absolute Gasteiger partial charge is 0.324 e. The van der Waals surface area contributed by atoms with Gasteiger partial charge in [0.25, 0.3) is 0 Å². The number of aromatic nitrogens is 2. The molecule has 2 aromatic carbocycles. The first kappa shape index (κ1) is 26.2. The Morgan fingerprint density at radius 2 is 1.74 bits per heavy atom. The number of hydrogen-bond acceptors (Lipinski definition) is 3. The lowest BCUT2D eigenvalue weighted by molar-refractivity contribution is -0.137. The number of carbonyl (C=O) groups excluding carboxylic acids is 1. The molecule has 0 saturated carbocycles. The number of nitrogens with one attached hydrogen (secondary N) is 1. The third-order valence-electron chi connectivity index (χ3n) is 7.49. The van der Waals surface area contributed by atoms with Crippen LogP contribution in [0, 0.1) is 11.8 Å². The lowest BCUT2D eigenvalue weighted by Gasteiger charge is -2.22. The Hall–Kier alpha value is -3.08. The standard InChI is InChI=1S/C28H24BrClF3N5O/c29-20-6-4-17(5-7-20)26-24(38-10-2-1-3-25(38)35-26)16-36-12-18-14-37(15-19(18)13-36)27(39)34-21-8-9-23(30)22(11-21)28(31,32)33/h1-11,18-19H,12-16H2,(H,34,39). The van der Waals surface area contributed by atoms with Crippen molar-refractivity contribution in [2.24, 2.45) is 11.8 Å². The van der Waals surface area contributed by atoms with Gasteiger partial charge in [-0.3, -0.25) is 4.90 Å². The molecule has 2 fully saturated rings. The maximum absolute atomic E-state index is 13.2. The van der Waals surface area contributed by atoms with Crippen molar-refractivity contribution < 1.29 is 18.0 Å². The Kier molecular flexibility index (Phi) is 6.81. The number of urea groups is 1. The Labute approximate surface area is 236 Å². The van der Waals surface area contributed by atoms with Crippen LogP contribution in [0.15, 0.2) is 71.3 Å². The summed E-state index contributed by atoms with van der Waals surface area (Å²) in [4.78, 5) is 21.9. The molecule has 202 valence electrons. The van der Waals surface area contributed by atoms with Crippen LogP contribution >= 0.6 is 27.5 Å². The maximum Gasteiger partial charge on any atom is 0.417 e. The molecule has 0 spiro atoms. The van der Waals surface area contributed by atoms with E-state index < -0.39 is 22.8 Å². The highest BCUT2D eigenvalue weighted by atomic mass is 79.9. The second-order valence-corrected chi connectivity index (χ2v) is 11.4. The van der Waals surface area contributed by atoms with Gasteiger partial charge in [0, 0.05) is 54.6 Å². The monoisotopic (exact) mass is 617 g/mol. The number of fused-ring (bicyclic) bond motifs is 2. The molecule has 4 heterocycles. The second kappa shape index (κ2) is 10.1. The summed E-state index contributed by atoms with van der Waals surface area (Å²) in [6, 6.07) is 17.1. The SMILES string of the molecule is O=C(Nc1ccc(Cl)c(C(F)(F)F)c1)N1CC2CN(Cc3c(-c4ccc(Br)cc4)nc4ccccn34)CC2C1. The van der Waals surface area contributed by atoms with Crippen LogP contribution in [0.2, 0.25) is 5.02 Å². The molecular formula is C28H24BrClF3N5O. The van der Waals surface area contributed by atoms with E-state index in [0.717, 1.165) is 58.8 Å². The van der Waals surface area contributed by atoms with Crippen molar-refractivity contribution in [3.8, 4) is 11.3 Å². The van der Waals surface area contributed by atoms with Gasteiger partial charge in [0.15, 0.2) is 0 Å². The summed E-state index contributed by atoms with van der Waals surface area (Å²) in [7, 11) is 0. The highest BCUT2D eigenvalue weighted by Gasteiger charge is 2.42. The van der Waals surface area contributed by atoms with Crippen LogP contribution in [0.5, 0.6) is 0 Å². The van der Waals surface area contributed by atoms with E-state index in [4.69, 9.17) is 16.6 Å². The van der Waals surface area contributed by atoms with E-state index in [1.165, 1.54) is 6.07 Å². The number of likely N-dealkylation sites (tertiary alicyclic amines) is 2. The van der Waals surface area contributed by atoms with Gasteiger partial charge in [0.2, 0.25) is 0 Å². The van der Waals surface area contributed by atoms with Crippen molar-refractivity contribution >= 4 is 44.9 Å². The molecule has 2 atom stereocenters. The van der Waals surface area contributed by atoms with Crippen LogP contribution < -0.4 is 5.32 Å². The molecule has 2 aromatic heterocycles. The number of hydrogen-bond donors (Lipinski definition) is 1. The Balaban J connectivity index is 1.13. The molecule has 0 bridgehead atoms. The van der Waals surface area contributed by atoms with E-state index in [2.05, 4.69) is 42.7 Å². The van der Waals surface area contributed by atoms with Crippen molar-refractivity contribution in [2.45, 2.75) is 12.7 Å². The Bertz CT molecular complexity index is 1530. The average Bonchev–Trinajstić information content (AvgIpc) is 3.57. The number of imidazole rings is 1. The van der Waals surface area contributed by atoms with E-state index in [-0.39, 0.29) is 5.69 Å². The third-order valence-corrected chi connectivity index (χ3v) is 8.35. The lowest BCUT2D eigenvalue weighted by atomic mass is 10.0. The number of amides is 2. The zero-order valence-corrected chi connectivity index (χ0v) is 23.0. The van der Waals surface area contributed by atoms with Crippen molar-refractivity contribution in [3.05, 3.63) is 87.6 Å². The zero-order chi connectivity index (χ0) is 27.3. The van der Waals surface area contributed by atoms with E-state index in [0.29, 0.717) is 24.9 Å². The zero-order valence-electron chi connectivity index (χ0n) is 20.6. The van der Waals surface area contributed by atoms with Crippen molar-refractivity contribution in [2.75, 3.05) is 31.5 Å². The number of rotatable bonds is 4. The largest absolute Gasteiger partial charge is 0.417 e. The fraction of sp³-hybridized carbons (Fsp3) is 0.286. The molecule has 2 saturated heterocycles. The van der Waals surface area contributed by atoms with E-state index >= 15 is 0 Å². The fourth-order valence-electron chi connectivity index (χ4n) is 5.66. The van der Waals surface area contributed by atoms with Crippen LogP contribution in [-0.4, -0.2) is 51.4 Å². The molecule has 2 unspecified atom stereocenters. The van der Waals surface area contributed by atoms with E-state index in [9.17, 15) is 18.0 Å². The first-order valence-corrected chi connectivity index (χ1v) is 13.7. The van der Waals surface area contributed by atoms with Gasteiger partial charge >= 0.3 is 12.2 Å². The van der Waals surface area contributed by atoms with Gasteiger partial charge in [-0.05, 0) is 54.3 Å². The molecule has 4 aromatic rings. The maximum atomic E-state index is 13.2. The van der Waals surface area contributed by atoms with Crippen LogP contribution in [0.25, 0.3) is 16.9 Å². The fourth-order valence-corrected chi connectivity index (χ4v) is 6.15. The molecular weight excluding hydrogens is 595 g/mol. The highest BCUT2D eigenvalue weighted by Crippen LogP contribution is 2.37.